The highest BCUT2D eigenvalue weighted by Crippen LogP contribution is 2.19. The first kappa shape index (κ1) is 11.5. The van der Waals surface area contributed by atoms with E-state index in [1.165, 1.54) is 0 Å². The highest BCUT2D eigenvalue weighted by atomic mass is 16.2. The van der Waals surface area contributed by atoms with Crippen LogP contribution in [0.15, 0.2) is 0 Å². The standard InChI is InChI=1S/C11H22N2O/c1-9(2)13-8-11(3,4)7-12-6-5-10(13)14/h9,12H,5-8H2,1-4H3. The first-order chi connectivity index (χ1) is 6.42. The van der Waals surface area contributed by atoms with Gasteiger partial charge in [-0.1, -0.05) is 13.8 Å². The fourth-order valence-electron chi connectivity index (χ4n) is 1.84. The Kier molecular flexibility index (Phi) is 3.53. The lowest BCUT2D eigenvalue weighted by atomic mass is 9.91. The molecule has 1 aliphatic rings. The molecule has 1 N–H and O–H groups in total. The van der Waals surface area contributed by atoms with E-state index in [2.05, 4.69) is 33.0 Å². The Bertz CT molecular complexity index is 211. The average Bonchev–Trinajstić information content (AvgIpc) is 2.06. The summed E-state index contributed by atoms with van der Waals surface area (Å²) in [6.45, 7) is 11.2. The van der Waals surface area contributed by atoms with E-state index in [9.17, 15) is 4.79 Å². The number of hydrogen-bond donors (Lipinski definition) is 1. The molecule has 0 aliphatic carbocycles. The molecule has 14 heavy (non-hydrogen) atoms. The van der Waals surface area contributed by atoms with Crippen LogP contribution in [0.1, 0.15) is 34.1 Å². The summed E-state index contributed by atoms with van der Waals surface area (Å²) in [4.78, 5) is 13.8. The Morgan fingerprint density at radius 2 is 2.07 bits per heavy atom. The molecule has 0 spiro atoms. The monoisotopic (exact) mass is 198 g/mol. The predicted octanol–water partition coefficient (Wildman–Crippen LogP) is 1.24. The first-order valence-corrected chi connectivity index (χ1v) is 5.42. The summed E-state index contributed by atoms with van der Waals surface area (Å²) in [5.41, 5.74) is 0.181. The van der Waals surface area contributed by atoms with Gasteiger partial charge in [0.1, 0.15) is 0 Å². The third-order valence-electron chi connectivity index (χ3n) is 2.66. The lowest BCUT2D eigenvalue weighted by molar-refractivity contribution is -0.135. The smallest absolute Gasteiger partial charge is 0.224 e. The summed E-state index contributed by atoms with van der Waals surface area (Å²) in [5.74, 6) is 0.278. The number of carbonyl (C=O) groups excluding carboxylic acids is 1. The number of hydrogen-bond acceptors (Lipinski definition) is 2. The van der Waals surface area contributed by atoms with Crippen molar-refractivity contribution in [3.63, 3.8) is 0 Å². The number of amides is 1. The van der Waals surface area contributed by atoms with E-state index in [1.807, 2.05) is 4.90 Å². The van der Waals surface area contributed by atoms with Crippen molar-refractivity contribution in [2.75, 3.05) is 19.6 Å². The molecule has 1 rings (SSSR count). The van der Waals surface area contributed by atoms with Gasteiger partial charge >= 0.3 is 0 Å². The zero-order chi connectivity index (χ0) is 10.8. The van der Waals surface area contributed by atoms with Crippen LogP contribution in [0, 0.1) is 5.41 Å². The van der Waals surface area contributed by atoms with Gasteiger partial charge in [-0.3, -0.25) is 4.79 Å². The molecule has 0 bridgehead atoms. The molecule has 1 amide bonds. The predicted molar refractivity (Wildman–Crippen MR) is 58.1 cm³/mol. The Labute approximate surface area is 86.9 Å². The van der Waals surface area contributed by atoms with Crippen molar-refractivity contribution < 1.29 is 4.79 Å². The molecule has 1 heterocycles. The van der Waals surface area contributed by atoms with Crippen molar-refractivity contribution >= 4 is 5.91 Å². The molecular formula is C11H22N2O. The van der Waals surface area contributed by atoms with E-state index in [0.717, 1.165) is 19.6 Å². The second-order valence-electron chi connectivity index (χ2n) is 5.21. The van der Waals surface area contributed by atoms with Crippen molar-refractivity contribution in [3.05, 3.63) is 0 Å². The maximum Gasteiger partial charge on any atom is 0.224 e. The minimum absolute atomic E-state index is 0.181. The highest BCUT2D eigenvalue weighted by Gasteiger charge is 2.28. The topological polar surface area (TPSA) is 32.3 Å². The van der Waals surface area contributed by atoms with Gasteiger partial charge in [-0.2, -0.15) is 0 Å². The molecule has 0 aromatic carbocycles. The maximum absolute atomic E-state index is 11.8. The Hall–Kier alpha value is -0.570. The minimum atomic E-state index is 0.181. The molecule has 1 aliphatic heterocycles. The SMILES string of the molecule is CC(C)N1CC(C)(C)CNCCC1=O. The van der Waals surface area contributed by atoms with Crippen molar-refractivity contribution in [3.8, 4) is 0 Å². The average molecular weight is 198 g/mol. The van der Waals surface area contributed by atoms with Crippen LogP contribution in [0.2, 0.25) is 0 Å². The quantitative estimate of drug-likeness (QED) is 0.687. The Morgan fingerprint density at radius 1 is 1.43 bits per heavy atom. The van der Waals surface area contributed by atoms with Crippen molar-refractivity contribution in [1.29, 1.82) is 0 Å². The van der Waals surface area contributed by atoms with Gasteiger partial charge in [0.05, 0.1) is 0 Å². The summed E-state index contributed by atoms with van der Waals surface area (Å²) >= 11 is 0. The summed E-state index contributed by atoms with van der Waals surface area (Å²) in [6.07, 6.45) is 0.633. The zero-order valence-corrected chi connectivity index (χ0v) is 9.76. The number of nitrogens with one attached hydrogen (secondary N) is 1. The van der Waals surface area contributed by atoms with Gasteiger partial charge in [-0.15, -0.1) is 0 Å². The molecule has 0 aromatic rings. The summed E-state index contributed by atoms with van der Waals surface area (Å²) in [7, 11) is 0. The normalized spacial score (nSPS) is 23.5. The minimum Gasteiger partial charge on any atom is -0.340 e. The molecule has 1 saturated heterocycles. The third kappa shape index (κ3) is 2.98. The summed E-state index contributed by atoms with van der Waals surface area (Å²) in [6, 6.07) is 0.319. The van der Waals surface area contributed by atoms with E-state index < -0.39 is 0 Å². The molecule has 0 aromatic heterocycles. The van der Waals surface area contributed by atoms with Crippen LogP contribution in [0.5, 0.6) is 0 Å². The van der Waals surface area contributed by atoms with Crippen molar-refractivity contribution in [2.24, 2.45) is 5.41 Å². The second-order valence-corrected chi connectivity index (χ2v) is 5.21. The van der Waals surface area contributed by atoms with E-state index in [-0.39, 0.29) is 11.3 Å². The van der Waals surface area contributed by atoms with Crippen LogP contribution >= 0.6 is 0 Å². The van der Waals surface area contributed by atoms with E-state index in [0.29, 0.717) is 12.5 Å². The molecule has 1 fully saturated rings. The van der Waals surface area contributed by atoms with E-state index >= 15 is 0 Å². The van der Waals surface area contributed by atoms with Crippen LogP contribution in [0.3, 0.4) is 0 Å². The number of rotatable bonds is 1. The lowest BCUT2D eigenvalue weighted by Crippen LogP contribution is -2.49. The van der Waals surface area contributed by atoms with Crippen LogP contribution < -0.4 is 5.32 Å². The van der Waals surface area contributed by atoms with Gasteiger partial charge in [0.2, 0.25) is 5.91 Å². The Morgan fingerprint density at radius 3 is 2.64 bits per heavy atom. The molecule has 0 saturated carbocycles. The van der Waals surface area contributed by atoms with Gasteiger partial charge in [0.15, 0.2) is 0 Å². The Balaban J connectivity index is 2.72. The maximum atomic E-state index is 11.8. The van der Waals surface area contributed by atoms with Crippen LogP contribution in [-0.2, 0) is 4.79 Å². The fourth-order valence-corrected chi connectivity index (χ4v) is 1.84. The largest absolute Gasteiger partial charge is 0.340 e. The lowest BCUT2D eigenvalue weighted by Gasteiger charge is -2.37. The molecule has 0 unspecified atom stereocenters. The van der Waals surface area contributed by atoms with Gasteiger partial charge in [-0.05, 0) is 19.3 Å². The molecule has 82 valence electrons. The molecule has 3 nitrogen and oxygen atoms in total. The molecular weight excluding hydrogens is 176 g/mol. The van der Waals surface area contributed by atoms with Crippen LogP contribution in [0.25, 0.3) is 0 Å². The zero-order valence-electron chi connectivity index (χ0n) is 9.76. The number of carbonyl (C=O) groups is 1. The molecule has 0 atom stereocenters. The summed E-state index contributed by atoms with van der Waals surface area (Å²) in [5, 5.41) is 3.32. The van der Waals surface area contributed by atoms with Gasteiger partial charge in [0.25, 0.3) is 0 Å². The van der Waals surface area contributed by atoms with Crippen LogP contribution in [0.4, 0.5) is 0 Å². The van der Waals surface area contributed by atoms with Crippen molar-refractivity contribution in [1.82, 2.24) is 10.2 Å². The van der Waals surface area contributed by atoms with Crippen LogP contribution in [-0.4, -0.2) is 36.5 Å². The van der Waals surface area contributed by atoms with Gasteiger partial charge < -0.3 is 10.2 Å². The third-order valence-corrected chi connectivity index (χ3v) is 2.66. The second kappa shape index (κ2) is 4.30. The molecule has 0 radical (unpaired) electrons. The highest BCUT2D eigenvalue weighted by molar-refractivity contribution is 5.76. The van der Waals surface area contributed by atoms with E-state index in [4.69, 9.17) is 0 Å². The van der Waals surface area contributed by atoms with Gasteiger partial charge in [0, 0.05) is 32.1 Å². The first-order valence-electron chi connectivity index (χ1n) is 5.42. The van der Waals surface area contributed by atoms with E-state index in [1.54, 1.807) is 0 Å². The van der Waals surface area contributed by atoms with Crippen molar-refractivity contribution in [2.45, 2.75) is 40.2 Å². The number of nitrogens with zero attached hydrogens (tertiary/aromatic N) is 1. The fraction of sp³-hybridized carbons (Fsp3) is 0.909. The molecule has 3 heteroatoms. The van der Waals surface area contributed by atoms with Gasteiger partial charge in [-0.25, -0.2) is 0 Å². The summed E-state index contributed by atoms with van der Waals surface area (Å²) < 4.78 is 0.